The van der Waals surface area contributed by atoms with Crippen LogP contribution in [0, 0.1) is 0 Å². The van der Waals surface area contributed by atoms with Crippen LogP contribution in [0.3, 0.4) is 0 Å². The summed E-state index contributed by atoms with van der Waals surface area (Å²) in [6.07, 6.45) is 1.79. The molecule has 2 rings (SSSR count). The van der Waals surface area contributed by atoms with E-state index in [0.29, 0.717) is 6.54 Å². The van der Waals surface area contributed by atoms with Gasteiger partial charge in [0.05, 0.1) is 5.52 Å². The third-order valence-electron chi connectivity index (χ3n) is 1.94. The molecule has 0 atom stereocenters. The number of pyridine rings is 1. The van der Waals surface area contributed by atoms with Crippen molar-refractivity contribution >= 4 is 23.3 Å². The Kier molecular flexibility index (Phi) is 3.23. The molecule has 0 unspecified atom stereocenters. The summed E-state index contributed by atoms with van der Waals surface area (Å²) in [5.41, 5.74) is 7.70. The predicted octanol–water partition coefficient (Wildman–Crippen LogP) is 2.12. The summed E-state index contributed by atoms with van der Waals surface area (Å²) in [4.78, 5) is 4.27. The summed E-state index contributed by atoms with van der Waals surface area (Å²) < 4.78 is 0. The highest BCUT2D eigenvalue weighted by Crippen LogP contribution is 2.14. The molecule has 0 saturated carbocycles. The Morgan fingerprint density at radius 1 is 1.15 bits per heavy atom. The van der Waals surface area contributed by atoms with Crippen LogP contribution in [0.5, 0.6) is 0 Å². The van der Waals surface area contributed by atoms with Crippen molar-refractivity contribution in [2.75, 3.05) is 0 Å². The lowest BCUT2D eigenvalue weighted by molar-refractivity contribution is 1.08. The van der Waals surface area contributed by atoms with Crippen LogP contribution >= 0.6 is 12.4 Å². The molecule has 0 radical (unpaired) electrons. The number of para-hydroxylation sites is 1. The largest absolute Gasteiger partial charge is 0.326 e. The van der Waals surface area contributed by atoms with Crippen molar-refractivity contribution in [2.45, 2.75) is 6.54 Å². The third-order valence-corrected chi connectivity index (χ3v) is 1.94. The third kappa shape index (κ3) is 1.79. The molecule has 3 heteroatoms. The summed E-state index contributed by atoms with van der Waals surface area (Å²) >= 11 is 0. The summed E-state index contributed by atoms with van der Waals surface area (Å²) in [5.74, 6) is 0. The zero-order chi connectivity index (χ0) is 8.39. The number of nitrogens with two attached hydrogens (primary N) is 1. The fraction of sp³-hybridized carbons (Fsp3) is 0.100. The Bertz CT molecular complexity index is 396. The molecular formula is C10H11ClN2. The maximum Gasteiger partial charge on any atom is 0.0746 e. The van der Waals surface area contributed by atoms with Crippen LogP contribution in [0.15, 0.2) is 36.5 Å². The molecule has 0 aliphatic carbocycles. The second kappa shape index (κ2) is 4.21. The monoisotopic (exact) mass is 194 g/mol. The minimum absolute atomic E-state index is 0. The van der Waals surface area contributed by atoms with Crippen LogP contribution in [0.4, 0.5) is 0 Å². The zero-order valence-electron chi connectivity index (χ0n) is 7.10. The normalized spacial score (nSPS) is 9.62. The van der Waals surface area contributed by atoms with Gasteiger partial charge in [0.15, 0.2) is 0 Å². The SMILES string of the molecule is Cl.NCc1cccc2cccnc12. The summed E-state index contributed by atoms with van der Waals surface area (Å²) in [6, 6.07) is 10.0. The molecule has 2 N–H and O–H groups in total. The molecule has 0 saturated heterocycles. The van der Waals surface area contributed by atoms with Crippen molar-refractivity contribution in [3.8, 4) is 0 Å². The van der Waals surface area contributed by atoms with E-state index in [4.69, 9.17) is 5.73 Å². The molecule has 0 aliphatic heterocycles. The van der Waals surface area contributed by atoms with Crippen molar-refractivity contribution in [2.24, 2.45) is 5.73 Å². The van der Waals surface area contributed by atoms with E-state index in [1.54, 1.807) is 6.20 Å². The molecule has 0 fully saturated rings. The molecule has 1 aromatic carbocycles. The van der Waals surface area contributed by atoms with Gasteiger partial charge in [-0.2, -0.15) is 0 Å². The lowest BCUT2D eigenvalue weighted by Gasteiger charge is -2.00. The van der Waals surface area contributed by atoms with Crippen LogP contribution in [-0.2, 0) is 6.54 Å². The van der Waals surface area contributed by atoms with Gasteiger partial charge in [-0.25, -0.2) is 0 Å². The maximum atomic E-state index is 5.58. The van der Waals surface area contributed by atoms with Gasteiger partial charge in [-0.3, -0.25) is 4.98 Å². The van der Waals surface area contributed by atoms with Gasteiger partial charge < -0.3 is 5.73 Å². The second-order valence-corrected chi connectivity index (χ2v) is 2.70. The Balaban J connectivity index is 0.000000845. The quantitative estimate of drug-likeness (QED) is 0.756. The Morgan fingerprint density at radius 2 is 1.92 bits per heavy atom. The highest BCUT2D eigenvalue weighted by atomic mass is 35.5. The Morgan fingerprint density at radius 3 is 2.69 bits per heavy atom. The lowest BCUT2D eigenvalue weighted by atomic mass is 10.1. The molecule has 2 nitrogen and oxygen atoms in total. The van der Waals surface area contributed by atoms with Gasteiger partial charge in [0.2, 0.25) is 0 Å². The highest BCUT2D eigenvalue weighted by molar-refractivity contribution is 5.85. The van der Waals surface area contributed by atoms with E-state index >= 15 is 0 Å². The van der Waals surface area contributed by atoms with E-state index in [2.05, 4.69) is 4.98 Å². The van der Waals surface area contributed by atoms with E-state index in [9.17, 15) is 0 Å². The van der Waals surface area contributed by atoms with Crippen molar-refractivity contribution in [1.82, 2.24) is 4.98 Å². The minimum Gasteiger partial charge on any atom is -0.326 e. The fourth-order valence-electron chi connectivity index (χ4n) is 1.33. The van der Waals surface area contributed by atoms with E-state index < -0.39 is 0 Å². The number of rotatable bonds is 1. The molecule has 0 spiro atoms. The number of hydrogen-bond donors (Lipinski definition) is 1. The van der Waals surface area contributed by atoms with Gasteiger partial charge in [0.25, 0.3) is 0 Å². The topological polar surface area (TPSA) is 38.9 Å². The maximum absolute atomic E-state index is 5.58. The van der Waals surface area contributed by atoms with Crippen LogP contribution in [0.1, 0.15) is 5.56 Å². The molecular weight excluding hydrogens is 184 g/mol. The molecule has 68 valence electrons. The van der Waals surface area contributed by atoms with Gasteiger partial charge in [-0.05, 0) is 11.6 Å². The van der Waals surface area contributed by atoms with Crippen molar-refractivity contribution in [1.29, 1.82) is 0 Å². The van der Waals surface area contributed by atoms with Gasteiger partial charge >= 0.3 is 0 Å². The van der Waals surface area contributed by atoms with E-state index in [0.717, 1.165) is 16.5 Å². The van der Waals surface area contributed by atoms with Crippen LogP contribution in [-0.4, -0.2) is 4.98 Å². The van der Waals surface area contributed by atoms with Crippen molar-refractivity contribution in [3.05, 3.63) is 42.1 Å². The second-order valence-electron chi connectivity index (χ2n) is 2.70. The van der Waals surface area contributed by atoms with Gasteiger partial charge in [-0.15, -0.1) is 12.4 Å². The average molecular weight is 195 g/mol. The number of fused-ring (bicyclic) bond motifs is 1. The first-order valence-electron chi connectivity index (χ1n) is 3.94. The summed E-state index contributed by atoms with van der Waals surface area (Å²) in [6.45, 7) is 0.550. The van der Waals surface area contributed by atoms with Gasteiger partial charge in [0.1, 0.15) is 0 Å². The molecule has 0 amide bonds. The Hall–Kier alpha value is -1.12. The number of hydrogen-bond acceptors (Lipinski definition) is 2. The van der Waals surface area contributed by atoms with E-state index in [1.807, 2.05) is 30.3 Å². The smallest absolute Gasteiger partial charge is 0.0746 e. The summed E-state index contributed by atoms with van der Waals surface area (Å²) in [7, 11) is 0. The highest BCUT2D eigenvalue weighted by Gasteiger charge is 1.97. The lowest BCUT2D eigenvalue weighted by Crippen LogP contribution is -1.97. The first kappa shape index (κ1) is 9.96. The van der Waals surface area contributed by atoms with Crippen LogP contribution in [0.2, 0.25) is 0 Å². The standard InChI is InChI=1S/C10H10N2.ClH/c11-7-9-4-1-3-8-5-2-6-12-10(8)9;/h1-6H,7,11H2;1H. The molecule has 0 bridgehead atoms. The van der Waals surface area contributed by atoms with Gasteiger partial charge in [-0.1, -0.05) is 24.3 Å². The first-order valence-corrected chi connectivity index (χ1v) is 3.94. The number of nitrogens with zero attached hydrogens (tertiary/aromatic N) is 1. The van der Waals surface area contributed by atoms with Crippen LogP contribution < -0.4 is 5.73 Å². The molecule has 2 aromatic rings. The molecule has 13 heavy (non-hydrogen) atoms. The van der Waals surface area contributed by atoms with Crippen LogP contribution in [0.25, 0.3) is 10.9 Å². The van der Waals surface area contributed by atoms with E-state index in [-0.39, 0.29) is 12.4 Å². The Labute approximate surface area is 83.2 Å². The minimum atomic E-state index is 0. The molecule has 1 aromatic heterocycles. The fourth-order valence-corrected chi connectivity index (χ4v) is 1.33. The van der Waals surface area contributed by atoms with Crippen molar-refractivity contribution < 1.29 is 0 Å². The number of halogens is 1. The predicted molar refractivity (Wildman–Crippen MR) is 56.9 cm³/mol. The van der Waals surface area contributed by atoms with E-state index in [1.165, 1.54) is 0 Å². The van der Waals surface area contributed by atoms with Crippen molar-refractivity contribution in [3.63, 3.8) is 0 Å². The number of aromatic nitrogens is 1. The number of benzene rings is 1. The molecule has 0 aliphatic rings. The zero-order valence-corrected chi connectivity index (χ0v) is 7.92. The van der Waals surface area contributed by atoms with Gasteiger partial charge in [0, 0.05) is 18.1 Å². The first-order chi connectivity index (χ1) is 5.92. The average Bonchev–Trinajstić information content (AvgIpc) is 2.17. The summed E-state index contributed by atoms with van der Waals surface area (Å²) in [5, 5.41) is 1.15. The molecule has 1 heterocycles.